The highest BCUT2D eigenvalue weighted by atomic mass is 32.2. The number of sulfone groups is 2. The van der Waals surface area contributed by atoms with Gasteiger partial charge in [-0.25, -0.2) is 16.8 Å². The second kappa shape index (κ2) is 8.94. The first kappa shape index (κ1) is 20.8. The molecule has 2 aromatic rings. The molecule has 0 aliphatic carbocycles. The highest BCUT2D eigenvalue weighted by molar-refractivity contribution is 7.92. The third-order valence-corrected chi connectivity index (χ3v) is 7.74. The number of hydrogen-bond acceptors (Lipinski definition) is 6. The van der Waals surface area contributed by atoms with Crippen molar-refractivity contribution in [1.82, 2.24) is 0 Å². The Morgan fingerprint density at radius 2 is 1.08 bits per heavy atom. The van der Waals surface area contributed by atoms with Crippen molar-refractivity contribution in [3.63, 3.8) is 0 Å². The van der Waals surface area contributed by atoms with Gasteiger partial charge in [-0.1, -0.05) is 24.3 Å². The van der Waals surface area contributed by atoms with Gasteiger partial charge in [0.2, 0.25) is 0 Å². The number of fused-ring (bicyclic) bond motifs is 1. The summed E-state index contributed by atoms with van der Waals surface area (Å²) >= 11 is 0. The summed E-state index contributed by atoms with van der Waals surface area (Å²) < 4.78 is 60.5. The largest absolute Gasteiger partial charge is 0.385 e. The average Bonchev–Trinajstić information content (AvgIpc) is 2.61. The van der Waals surface area contributed by atoms with Crippen molar-refractivity contribution < 1.29 is 26.3 Å². The summed E-state index contributed by atoms with van der Waals surface area (Å²) in [6.45, 7) is 0.701. The van der Waals surface area contributed by atoms with E-state index in [9.17, 15) is 16.8 Å². The van der Waals surface area contributed by atoms with Gasteiger partial charge in [-0.15, -0.1) is 0 Å². The van der Waals surface area contributed by atoms with Gasteiger partial charge < -0.3 is 9.47 Å². The van der Waals surface area contributed by atoms with Crippen LogP contribution in [0.25, 0.3) is 10.8 Å². The van der Waals surface area contributed by atoms with Crippen LogP contribution < -0.4 is 0 Å². The first-order chi connectivity index (χ1) is 12.3. The molecular weight excluding hydrogens is 376 g/mol. The van der Waals surface area contributed by atoms with Crippen molar-refractivity contribution in [1.29, 1.82) is 0 Å². The van der Waals surface area contributed by atoms with E-state index in [1.165, 1.54) is 26.4 Å². The molecule has 0 aliphatic rings. The lowest BCUT2D eigenvalue weighted by atomic mass is 10.1. The van der Waals surface area contributed by atoms with Crippen molar-refractivity contribution in [3.05, 3.63) is 36.4 Å². The van der Waals surface area contributed by atoms with Crippen LogP contribution >= 0.6 is 0 Å². The summed E-state index contributed by atoms with van der Waals surface area (Å²) in [5, 5.41) is 0.857. The lowest BCUT2D eigenvalue weighted by molar-refractivity contribution is 0.199. The molecule has 0 saturated carbocycles. The molecular formula is C18H24O6S2. The van der Waals surface area contributed by atoms with Crippen molar-refractivity contribution >= 4 is 30.4 Å². The number of benzene rings is 2. The molecule has 0 N–H and O–H groups in total. The van der Waals surface area contributed by atoms with Gasteiger partial charge in [-0.05, 0) is 25.0 Å². The Morgan fingerprint density at radius 1 is 0.692 bits per heavy atom. The minimum absolute atomic E-state index is 0.0508. The molecule has 0 bridgehead atoms. The van der Waals surface area contributed by atoms with Gasteiger partial charge in [0.15, 0.2) is 19.7 Å². The maximum Gasteiger partial charge on any atom is 0.179 e. The van der Waals surface area contributed by atoms with E-state index < -0.39 is 19.7 Å². The molecule has 0 aromatic heterocycles. The summed E-state index contributed by atoms with van der Waals surface area (Å²) in [6.07, 6.45) is 0.758. The van der Waals surface area contributed by atoms with Crippen LogP contribution in [-0.4, -0.2) is 55.8 Å². The number of ether oxygens (including phenoxy) is 2. The van der Waals surface area contributed by atoms with Gasteiger partial charge in [-0.2, -0.15) is 0 Å². The lowest BCUT2D eigenvalue weighted by Crippen LogP contribution is -2.11. The monoisotopic (exact) mass is 400 g/mol. The van der Waals surface area contributed by atoms with E-state index in [-0.39, 0.29) is 21.3 Å². The van der Waals surface area contributed by atoms with Gasteiger partial charge >= 0.3 is 0 Å². The zero-order valence-electron chi connectivity index (χ0n) is 15.0. The molecule has 0 saturated heterocycles. The van der Waals surface area contributed by atoms with Crippen molar-refractivity contribution in [3.8, 4) is 0 Å². The van der Waals surface area contributed by atoms with E-state index in [0.29, 0.717) is 36.8 Å². The molecule has 2 rings (SSSR count). The van der Waals surface area contributed by atoms with Crippen LogP contribution in [0.1, 0.15) is 12.8 Å². The third kappa shape index (κ3) is 4.82. The Hall–Kier alpha value is -1.48. The van der Waals surface area contributed by atoms with Gasteiger partial charge in [0.05, 0.1) is 21.3 Å². The summed E-state index contributed by atoms with van der Waals surface area (Å²) in [5.41, 5.74) is 0. The number of methoxy groups -OCH3 is 2. The number of hydrogen-bond donors (Lipinski definition) is 0. The molecule has 0 heterocycles. The van der Waals surface area contributed by atoms with Crippen LogP contribution in [0.5, 0.6) is 0 Å². The molecule has 6 nitrogen and oxygen atoms in total. The van der Waals surface area contributed by atoms with Crippen LogP contribution in [0.4, 0.5) is 0 Å². The van der Waals surface area contributed by atoms with E-state index in [1.54, 1.807) is 24.3 Å². The molecule has 144 valence electrons. The number of rotatable bonds is 10. The SMILES string of the molecule is COCCCS(=O)(=O)c1cccc2c(S(=O)(=O)CCCOC)cccc12. The van der Waals surface area contributed by atoms with E-state index in [4.69, 9.17) is 9.47 Å². The Kier molecular flexibility index (Phi) is 7.16. The highest BCUT2D eigenvalue weighted by Crippen LogP contribution is 2.30. The van der Waals surface area contributed by atoms with Crippen LogP contribution in [0.2, 0.25) is 0 Å². The van der Waals surface area contributed by atoms with E-state index >= 15 is 0 Å². The van der Waals surface area contributed by atoms with Crippen LogP contribution in [0.3, 0.4) is 0 Å². The quantitative estimate of drug-likeness (QED) is 0.570. The van der Waals surface area contributed by atoms with E-state index in [2.05, 4.69) is 0 Å². The van der Waals surface area contributed by atoms with Crippen LogP contribution in [-0.2, 0) is 29.1 Å². The smallest absolute Gasteiger partial charge is 0.179 e. The van der Waals surface area contributed by atoms with Crippen LogP contribution in [0.15, 0.2) is 46.2 Å². The van der Waals surface area contributed by atoms with Crippen molar-refractivity contribution in [2.75, 3.05) is 38.9 Å². The summed E-state index contributed by atoms with van der Waals surface area (Å²) in [5.74, 6) is -0.102. The first-order valence-corrected chi connectivity index (χ1v) is 11.6. The third-order valence-electron chi connectivity index (χ3n) is 4.04. The standard InChI is InChI=1S/C18H24O6S2/c1-23-11-5-13-25(19,20)17-9-3-8-16-15(17)7-4-10-18(16)26(21,22)14-6-12-24-2/h3-4,7-10H,5-6,11-14H2,1-2H3. The summed E-state index contributed by atoms with van der Waals surface area (Å²) in [4.78, 5) is 0.306. The van der Waals surface area contributed by atoms with E-state index in [1.807, 2.05) is 0 Å². The minimum atomic E-state index is -3.54. The predicted molar refractivity (Wildman–Crippen MR) is 101 cm³/mol. The molecule has 8 heteroatoms. The topological polar surface area (TPSA) is 86.7 Å². The fourth-order valence-electron chi connectivity index (χ4n) is 2.80. The Morgan fingerprint density at radius 3 is 1.42 bits per heavy atom. The second-order valence-electron chi connectivity index (χ2n) is 5.94. The van der Waals surface area contributed by atoms with Crippen LogP contribution in [0, 0.1) is 0 Å². The fourth-order valence-corrected chi connectivity index (χ4v) is 5.83. The molecule has 0 radical (unpaired) electrons. The molecule has 0 fully saturated rings. The van der Waals surface area contributed by atoms with Crippen molar-refractivity contribution in [2.24, 2.45) is 0 Å². The average molecular weight is 401 g/mol. The highest BCUT2D eigenvalue weighted by Gasteiger charge is 2.22. The van der Waals surface area contributed by atoms with Crippen molar-refractivity contribution in [2.45, 2.75) is 22.6 Å². The molecule has 0 unspecified atom stereocenters. The lowest BCUT2D eigenvalue weighted by Gasteiger charge is -2.12. The summed E-state index contributed by atoms with van der Waals surface area (Å²) in [6, 6.07) is 9.50. The Bertz CT molecular complexity index is 870. The maximum atomic E-state index is 12.7. The van der Waals surface area contributed by atoms with Gasteiger partial charge in [-0.3, -0.25) is 0 Å². The zero-order valence-corrected chi connectivity index (χ0v) is 16.6. The normalized spacial score (nSPS) is 12.5. The molecule has 0 aliphatic heterocycles. The fraction of sp³-hybridized carbons (Fsp3) is 0.444. The minimum Gasteiger partial charge on any atom is -0.385 e. The van der Waals surface area contributed by atoms with Gasteiger partial charge in [0.25, 0.3) is 0 Å². The zero-order chi connectivity index (χ0) is 19.2. The first-order valence-electron chi connectivity index (χ1n) is 8.28. The van der Waals surface area contributed by atoms with Gasteiger partial charge in [0.1, 0.15) is 0 Å². The molecule has 0 amide bonds. The molecule has 2 aromatic carbocycles. The molecule has 0 atom stereocenters. The molecule has 26 heavy (non-hydrogen) atoms. The molecule has 0 spiro atoms. The summed E-state index contributed by atoms with van der Waals surface area (Å²) in [7, 11) is -4.04. The van der Waals surface area contributed by atoms with E-state index in [0.717, 1.165) is 0 Å². The Balaban J connectivity index is 2.49. The predicted octanol–water partition coefficient (Wildman–Crippen LogP) is 2.46. The Labute approximate surface area is 155 Å². The van der Waals surface area contributed by atoms with Gasteiger partial charge in [0, 0.05) is 38.2 Å². The second-order valence-corrected chi connectivity index (χ2v) is 10.1. The maximum absolute atomic E-state index is 12.7.